The van der Waals surface area contributed by atoms with Gasteiger partial charge in [-0.1, -0.05) is 29.3 Å². The van der Waals surface area contributed by atoms with Crippen LogP contribution < -0.4 is 0 Å². The maximum Gasteiger partial charge on any atom is 0.168 e. The Balaban J connectivity index is 2.33. The molecule has 0 radical (unpaired) electrons. The third kappa shape index (κ3) is 3.31. The zero-order valence-electron chi connectivity index (χ0n) is 11.8. The standard InChI is InChI=1S/C17H16BrClO/c1-10-6-11(2)15(12(3)7-10)9-17(20)14-5-4-13(19)8-16(14)18/h4-8H,9H2,1-3H3. The molecule has 2 rings (SSSR count). The minimum atomic E-state index is 0.101. The van der Waals surface area contributed by atoms with Gasteiger partial charge in [-0.15, -0.1) is 0 Å². The number of halogens is 2. The fraction of sp³-hybridized carbons (Fsp3) is 0.235. The van der Waals surface area contributed by atoms with Crippen molar-refractivity contribution in [2.75, 3.05) is 0 Å². The molecule has 104 valence electrons. The topological polar surface area (TPSA) is 17.1 Å². The summed E-state index contributed by atoms with van der Waals surface area (Å²) in [5, 5.41) is 0.621. The van der Waals surface area contributed by atoms with Crippen LogP contribution in [0.4, 0.5) is 0 Å². The molecule has 0 fully saturated rings. The predicted molar refractivity (Wildman–Crippen MR) is 87.8 cm³/mol. The highest BCUT2D eigenvalue weighted by Crippen LogP contribution is 2.24. The maximum absolute atomic E-state index is 12.5. The van der Waals surface area contributed by atoms with Gasteiger partial charge in [-0.25, -0.2) is 0 Å². The van der Waals surface area contributed by atoms with Crippen molar-refractivity contribution in [3.05, 3.63) is 67.6 Å². The van der Waals surface area contributed by atoms with Crippen molar-refractivity contribution in [1.82, 2.24) is 0 Å². The number of aryl methyl sites for hydroxylation is 3. The first-order chi connectivity index (χ1) is 9.38. The summed E-state index contributed by atoms with van der Waals surface area (Å²) in [5.74, 6) is 0.101. The SMILES string of the molecule is Cc1cc(C)c(CC(=O)c2ccc(Cl)cc2Br)c(C)c1. The van der Waals surface area contributed by atoms with Gasteiger partial charge in [0, 0.05) is 21.5 Å². The van der Waals surface area contributed by atoms with Crippen LogP contribution in [-0.4, -0.2) is 5.78 Å². The first kappa shape index (κ1) is 15.3. The molecule has 0 unspecified atom stereocenters. The molecule has 0 aromatic heterocycles. The van der Waals surface area contributed by atoms with Gasteiger partial charge in [0.15, 0.2) is 5.78 Å². The molecule has 0 atom stereocenters. The largest absolute Gasteiger partial charge is 0.294 e. The first-order valence-corrected chi connectivity index (χ1v) is 7.60. The number of Topliss-reactive ketones (excluding diaryl/α,β-unsaturated/α-hetero) is 1. The molecule has 1 nitrogen and oxygen atoms in total. The van der Waals surface area contributed by atoms with Crippen molar-refractivity contribution in [2.24, 2.45) is 0 Å². The van der Waals surface area contributed by atoms with Crippen LogP contribution in [0.25, 0.3) is 0 Å². The Bertz CT molecular complexity index is 654. The van der Waals surface area contributed by atoms with E-state index in [1.54, 1.807) is 18.2 Å². The van der Waals surface area contributed by atoms with Gasteiger partial charge >= 0.3 is 0 Å². The molecule has 0 heterocycles. The van der Waals surface area contributed by atoms with Crippen molar-refractivity contribution in [2.45, 2.75) is 27.2 Å². The Hall–Kier alpha value is -1.12. The zero-order chi connectivity index (χ0) is 14.9. The van der Waals surface area contributed by atoms with E-state index in [1.807, 2.05) is 0 Å². The molecular weight excluding hydrogens is 336 g/mol. The lowest BCUT2D eigenvalue weighted by Gasteiger charge is -2.11. The summed E-state index contributed by atoms with van der Waals surface area (Å²) in [4.78, 5) is 12.5. The molecular formula is C17H16BrClO. The summed E-state index contributed by atoms with van der Waals surface area (Å²) >= 11 is 9.31. The summed E-state index contributed by atoms with van der Waals surface area (Å²) in [6.45, 7) is 6.18. The number of hydrogen-bond acceptors (Lipinski definition) is 1. The molecule has 0 N–H and O–H groups in total. The number of carbonyl (C=O) groups is 1. The van der Waals surface area contributed by atoms with E-state index in [1.165, 1.54) is 16.7 Å². The van der Waals surface area contributed by atoms with Crippen molar-refractivity contribution < 1.29 is 4.79 Å². The number of carbonyl (C=O) groups excluding carboxylic acids is 1. The van der Waals surface area contributed by atoms with Gasteiger partial charge in [-0.2, -0.15) is 0 Å². The van der Waals surface area contributed by atoms with Gasteiger partial charge in [0.2, 0.25) is 0 Å². The fourth-order valence-electron chi connectivity index (χ4n) is 2.46. The monoisotopic (exact) mass is 350 g/mol. The van der Waals surface area contributed by atoms with Crippen LogP contribution in [0.5, 0.6) is 0 Å². The van der Waals surface area contributed by atoms with Crippen LogP contribution in [0.3, 0.4) is 0 Å². The molecule has 2 aromatic rings. The summed E-state index contributed by atoms with van der Waals surface area (Å²) in [6.07, 6.45) is 0.415. The van der Waals surface area contributed by atoms with E-state index in [0.717, 1.165) is 10.0 Å². The molecule has 2 aromatic carbocycles. The highest BCUT2D eigenvalue weighted by molar-refractivity contribution is 9.10. The molecule has 0 aliphatic rings. The zero-order valence-corrected chi connectivity index (χ0v) is 14.1. The highest BCUT2D eigenvalue weighted by Gasteiger charge is 2.14. The van der Waals surface area contributed by atoms with Crippen molar-refractivity contribution >= 4 is 33.3 Å². The summed E-state index contributed by atoms with van der Waals surface area (Å²) in [6, 6.07) is 9.50. The van der Waals surface area contributed by atoms with Crippen LogP contribution in [-0.2, 0) is 6.42 Å². The number of hydrogen-bond donors (Lipinski definition) is 0. The molecule has 0 bridgehead atoms. The molecule has 0 spiro atoms. The van der Waals surface area contributed by atoms with Gasteiger partial charge in [0.25, 0.3) is 0 Å². The average molecular weight is 352 g/mol. The van der Waals surface area contributed by atoms with Crippen LogP contribution >= 0.6 is 27.5 Å². The van der Waals surface area contributed by atoms with Gasteiger partial charge in [0.05, 0.1) is 0 Å². The highest BCUT2D eigenvalue weighted by atomic mass is 79.9. The summed E-state index contributed by atoms with van der Waals surface area (Å²) < 4.78 is 0.748. The van der Waals surface area contributed by atoms with Gasteiger partial charge in [-0.05, 0) is 71.6 Å². The lowest BCUT2D eigenvalue weighted by Crippen LogP contribution is -2.07. The van der Waals surface area contributed by atoms with Gasteiger partial charge in [-0.3, -0.25) is 4.79 Å². The van der Waals surface area contributed by atoms with Crippen LogP contribution in [0.1, 0.15) is 32.6 Å². The molecule has 0 saturated heterocycles. The molecule has 3 heteroatoms. The number of benzene rings is 2. The average Bonchev–Trinajstić information content (AvgIpc) is 2.33. The summed E-state index contributed by atoms with van der Waals surface area (Å²) in [7, 11) is 0. The van der Waals surface area contributed by atoms with E-state index in [0.29, 0.717) is 17.0 Å². The van der Waals surface area contributed by atoms with Crippen LogP contribution in [0, 0.1) is 20.8 Å². The minimum Gasteiger partial charge on any atom is -0.294 e. The molecule has 0 aliphatic carbocycles. The number of ketones is 1. The van der Waals surface area contributed by atoms with E-state index in [2.05, 4.69) is 48.8 Å². The maximum atomic E-state index is 12.5. The predicted octanol–water partition coefficient (Wildman–Crippen LogP) is 5.45. The molecule has 0 amide bonds. The Morgan fingerprint density at radius 3 is 2.25 bits per heavy atom. The van der Waals surface area contributed by atoms with Crippen LogP contribution in [0.15, 0.2) is 34.8 Å². The van der Waals surface area contributed by atoms with E-state index in [-0.39, 0.29) is 5.78 Å². The lowest BCUT2D eigenvalue weighted by atomic mass is 9.94. The van der Waals surface area contributed by atoms with Crippen molar-refractivity contribution in [3.63, 3.8) is 0 Å². The molecule has 20 heavy (non-hydrogen) atoms. The van der Waals surface area contributed by atoms with Crippen LogP contribution in [0.2, 0.25) is 5.02 Å². The second-order valence-corrected chi connectivity index (χ2v) is 6.39. The van der Waals surface area contributed by atoms with E-state index < -0.39 is 0 Å². The Morgan fingerprint density at radius 1 is 1.10 bits per heavy atom. The third-order valence-corrected chi connectivity index (χ3v) is 4.30. The molecule has 0 aliphatic heterocycles. The second kappa shape index (κ2) is 6.11. The fourth-order valence-corrected chi connectivity index (χ4v) is 3.36. The minimum absolute atomic E-state index is 0.101. The Morgan fingerprint density at radius 2 is 1.70 bits per heavy atom. The first-order valence-electron chi connectivity index (χ1n) is 6.43. The van der Waals surface area contributed by atoms with Gasteiger partial charge < -0.3 is 0 Å². The normalized spacial score (nSPS) is 10.7. The smallest absolute Gasteiger partial charge is 0.168 e. The van der Waals surface area contributed by atoms with E-state index in [9.17, 15) is 4.79 Å². The summed E-state index contributed by atoms with van der Waals surface area (Å²) in [5.41, 5.74) is 5.35. The quantitative estimate of drug-likeness (QED) is 0.672. The molecule has 0 saturated carbocycles. The third-order valence-electron chi connectivity index (χ3n) is 3.41. The van der Waals surface area contributed by atoms with Gasteiger partial charge in [0.1, 0.15) is 0 Å². The van der Waals surface area contributed by atoms with E-state index >= 15 is 0 Å². The number of rotatable bonds is 3. The Labute approximate surface area is 133 Å². The Kier molecular flexibility index (Phi) is 4.66. The second-order valence-electron chi connectivity index (χ2n) is 5.10. The lowest BCUT2D eigenvalue weighted by molar-refractivity contribution is 0.0992. The van der Waals surface area contributed by atoms with E-state index in [4.69, 9.17) is 11.6 Å². The van der Waals surface area contributed by atoms with Crippen molar-refractivity contribution in [1.29, 1.82) is 0 Å². The van der Waals surface area contributed by atoms with Crippen molar-refractivity contribution in [3.8, 4) is 0 Å².